The Morgan fingerprint density at radius 2 is 2.10 bits per heavy atom. The highest BCUT2D eigenvalue weighted by Crippen LogP contribution is 2.27. The van der Waals surface area contributed by atoms with Crippen LogP contribution in [0.5, 0.6) is 11.6 Å². The third-order valence-electron chi connectivity index (χ3n) is 5.23. The van der Waals surface area contributed by atoms with Gasteiger partial charge in [-0.15, -0.1) is 11.8 Å². The second kappa shape index (κ2) is 10.7. The smallest absolute Gasteiger partial charge is 0.215 e. The topological polar surface area (TPSA) is 51.7 Å². The highest BCUT2D eigenvalue weighted by molar-refractivity contribution is 5.76. The second-order valence-corrected chi connectivity index (χ2v) is 7.73. The highest BCUT2D eigenvalue weighted by Gasteiger charge is 2.24. The lowest BCUT2D eigenvalue weighted by molar-refractivity contribution is -0.117. The molecule has 1 aliphatic heterocycles. The molecule has 0 unspecified atom stereocenters. The number of pyridine rings is 1. The molecule has 1 aromatic heterocycles. The average Bonchev–Trinajstić information content (AvgIpc) is 3.20. The van der Waals surface area contributed by atoms with E-state index in [1.165, 1.54) is 5.56 Å². The molecule has 2 atom stereocenters. The minimum Gasteiger partial charge on any atom is -0.489 e. The van der Waals surface area contributed by atoms with Crippen LogP contribution in [0, 0.1) is 11.8 Å². The summed E-state index contributed by atoms with van der Waals surface area (Å²) >= 11 is 0. The summed E-state index contributed by atoms with van der Waals surface area (Å²) in [7, 11) is 0. The van der Waals surface area contributed by atoms with Crippen molar-refractivity contribution in [3.05, 3.63) is 48.2 Å². The van der Waals surface area contributed by atoms with Crippen molar-refractivity contribution in [2.24, 2.45) is 0 Å². The molecular weight excluding hydrogens is 376 g/mol. The summed E-state index contributed by atoms with van der Waals surface area (Å²) in [5, 5.41) is 0. The molecule has 0 bridgehead atoms. The Balaban J connectivity index is 1.53. The number of rotatable bonds is 9. The SMILES string of the molecule is CC#CCCOc1cc(N2CC[C@@H](Oc3ccc([C@H](C)CC(C)=O)cc3)C2)ccn1. The quantitative estimate of drug-likeness (QED) is 0.449. The van der Waals surface area contributed by atoms with Crippen molar-refractivity contribution < 1.29 is 14.3 Å². The lowest BCUT2D eigenvalue weighted by atomic mass is 9.96. The van der Waals surface area contributed by atoms with Crippen molar-refractivity contribution in [3.8, 4) is 23.5 Å². The van der Waals surface area contributed by atoms with Crippen LogP contribution in [0.3, 0.4) is 0 Å². The number of benzene rings is 1. The molecule has 0 N–H and O–H groups in total. The first-order chi connectivity index (χ1) is 14.5. The molecule has 1 saturated heterocycles. The van der Waals surface area contributed by atoms with Crippen LogP contribution in [0.15, 0.2) is 42.6 Å². The third-order valence-corrected chi connectivity index (χ3v) is 5.23. The van der Waals surface area contributed by atoms with Gasteiger partial charge in [-0.3, -0.25) is 0 Å². The molecule has 1 aliphatic rings. The van der Waals surface area contributed by atoms with Crippen molar-refractivity contribution in [1.29, 1.82) is 0 Å². The molecule has 2 heterocycles. The largest absolute Gasteiger partial charge is 0.489 e. The normalized spacial score (nSPS) is 16.5. The molecule has 3 rings (SSSR count). The summed E-state index contributed by atoms with van der Waals surface area (Å²) in [6.45, 7) is 7.85. The summed E-state index contributed by atoms with van der Waals surface area (Å²) < 4.78 is 11.9. The van der Waals surface area contributed by atoms with E-state index in [2.05, 4.69) is 40.8 Å². The van der Waals surface area contributed by atoms with E-state index < -0.39 is 0 Å². The van der Waals surface area contributed by atoms with Gasteiger partial charge in [0.1, 0.15) is 24.2 Å². The van der Waals surface area contributed by atoms with Gasteiger partial charge in [-0.2, -0.15) is 0 Å². The number of aromatic nitrogens is 1. The standard InChI is InChI=1S/C25H30N2O3/c1-4-5-6-15-29-25-17-22(11-13-26-25)27-14-12-24(18-27)30-23-9-7-21(8-10-23)19(2)16-20(3)28/h7-11,13,17,19,24H,6,12,14-16,18H2,1-3H3/t19-,24-/m1/s1. The molecule has 0 spiro atoms. The molecule has 0 saturated carbocycles. The Morgan fingerprint density at radius 3 is 2.83 bits per heavy atom. The van der Waals surface area contributed by atoms with Gasteiger partial charge in [0.2, 0.25) is 5.88 Å². The monoisotopic (exact) mass is 406 g/mol. The van der Waals surface area contributed by atoms with Crippen LogP contribution in [-0.2, 0) is 4.79 Å². The van der Waals surface area contributed by atoms with E-state index in [9.17, 15) is 4.79 Å². The molecule has 5 heteroatoms. The Labute approximate surface area is 179 Å². The maximum Gasteiger partial charge on any atom is 0.215 e. The molecular formula is C25H30N2O3. The first-order valence-corrected chi connectivity index (χ1v) is 10.5. The Morgan fingerprint density at radius 1 is 1.30 bits per heavy atom. The molecule has 0 radical (unpaired) electrons. The van der Waals surface area contributed by atoms with Crippen LogP contribution in [-0.4, -0.2) is 36.6 Å². The summed E-state index contributed by atoms with van der Waals surface area (Å²) in [6, 6.07) is 12.1. The summed E-state index contributed by atoms with van der Waals surface area (Å²) in [4.78, 5) is 17.9. The predicted molar refractivity (Wildman–Crippen MR) is 119 cm³/mol. The molecule has 1 fully saturated rings. The van der Waals surface area contributed by atoms with Crippen molar-refractivity contribution in [3.63, 3.8) is 0 Å². The van der Waals surface area contributed by atoms with Gasteiger partial charge in [-0.05, 0) is 43.5 Å². The van der Waals surface area contributed by atoms with Gasteiger partial charge in [-0.25, -0.2) is 4.98 Å². The van der Waals surface area contributed by atoms with Gasteiger partial charge in [0, 0.05) is 43.8 Å². The molecule has 2 aromatic rings. The van der Waals surface area contributed by atoms with Gasteiger partial charge in [0.25, 0.3) is 0 Å². The molecule has 1 aromatic carbocycles. The highest BCUT2D eigenvalue weighted by atomic mass is 16.5. The number of anilines is 1. The lowest BCUT2D eigenvalue weighted by Crippen LogP contribution is -2.24. The van der Waals surface area contributed by atoms with Crippen LogP contribution in [0.4, 0.5) is 5.69 Å². The Kier molecular flexibility index (Phi) is 7.73. The summed E-state index contributed by atoms with van der Waals surface area (Å²) in [6.07, 6.45) is 4.16. The Bertz CT molecular complexity index is 899. The predicted octanol–water partition coefficient (Wildman–Crippen LogP) is 4.61. The van der Waals surface area contributed by atoms with E-state index in [0.29, 0.717) is 25.3 Å². The summed E-state index contributed by atoms with van der Waals surface area (Å²) in [5.41, 5.74) is 2.26. The van der Waals surface area contributed by atoms with Crippen LogP contribution in [0.1, 0.15) is 51.5 Å². The number of nitrogens with zero attached hydrogens (tertiary/aromatic N) is 2. The van der Waals surface area contributed by atoms with Crippen molar-refractivity contribution in [2.45, 2.75) is 52.1 Å². The van der Waals surface area contributed by atoms with Crippen LogP contribution in [0.2, 0.25) is 0 Å². The second-order valence-electron chi connectivity index (χ2n) is 7.73. The minimum absolute atomic E-state index is 0.142. The molecule has 0 aliphatic carbocycles. The maximum atomic E-state index is 11.3. The van der Waals surface area contributed by atoms with E-state index in [0.717, 1.165) is 30.9 Å². The van der Waals surface area contributed by atoms with Gasteiger partial charge in [0.05, 0.1) is 6.54 Å². The maximum absolute atomic E-state index is 11.3. The van der Waals surface area contributed by atoms with Crippen molar-refractivity contribution in [1.82, 2.24) is 4.98 Å². The number of hydrogen-bond acceptors (Lipinski definition) is 5. The fourth-order valence-corrected chi connectivity index (χ4v) is 3.68. The van der Waals surface area contributed by atoms with Crippen LogP contribution < -0.4 is 14.4 Å². The van der Waals surface area contributed by atoms with Crippen LogP contribution >= 0.6 is 0 Å². The van der Waals surface area contributed by atoms with E-state index in [1.54, 1.807) is 13.1 Å². The van der Waals surface area contributed by atoms with Crippen molar-refractivity contribution in [2.75, 3.05) is 24.6 Å². The first kappa shape index (κ1) is 21.7. The minimum atomic E-state index is 0.142. The first-order valence-electron chi connectivity index (χ1n) is 10.5. The number of carbonyl (C=O) groups is 1. The molecule has 5 nitrogen and oxygen atoms in total. The number of ketones is 1. The zero-order valence-corrected chi connectivity index (χ0v) is 18.1. The number of Topliss-reactive ketones (excluding diaryl/α,β-unsaturated/α-hetero) is 1. The van der Waals surface area contributed by atoms with Crippen LogP contribution in [0.25, 0.3) is 0 Å². The molecule has 0 amide bonds. The van der Waals surface area contributed by atoms with E-state index in [-0.39, 0.29) is 17.8 Å². The number of hydrogen-bond donors (Lipinski definition) is 0. The fourth-order valence-electron chi connectivity index (χ4n) is 3.68. The van der Waals surface area contributed by atoms with E-state index >= 15 is 0 Å². The third kappa shape index (κ3) is 6.25. The zero-order valence-electron chi connectivity index (χ0n) is 18.1. The lowest BCUT2D eigenvalue weighted by Gasteiger charge is -2.20. The molecule has 158 valence electrons. The molecule has 30 heavy (non-hydrogen) atoms. The van der Waals surface area contributed by atoms with E-state index in [4.69, 9.17) is 9.47 Å². The van der Waals surface area contributed by atoms with Gasteiger partial charge in [0.15, 0.2) is 0 Å². The van der Waals surface area contributed by atoms with E-state index in [1.807, 2.05) is 31.2 Å². The van der Waals surface area contributed by atoms with Gasteiger partial charge in [-0.1, -0.05) is 19.1 Å². The zero-order chi connectivity index (χ0) is 21.3. The number of ether oxygens (including phenoxy) is 2. The van der Waals surface area contributed by atoms with Crippen molar-refractivity contribution >= 4 is 11.5 Å². The Hall–Kier alpha value is -3.00. The van der Waals surface area contributed by atoms with Gasteiger partial charge >= 0.3 is 0 Å². The number of carbonyl (C=O) groups excluding carboxylic acids is 1. The average molecular weight is 407 g/mol. The fraction of sp³-hybridized carbons (Fsp3) is 0.440. The van der Waals surface area contributed by atoms with Gasteiger partial charge < -0.3 is 19.2 Å². The summed E-state index contributed by atoms with van der Waals surface area (Å²) in [5.74, 6) is 7.80.